The number of rotatable bonds is 6. The summed E-state index contributed by atoms with van der Waals surface area (Å²) in [5.41, 5.74) is 1.78. The summed E-state index contributed by atoms with van der Waals surface area (Å²) >= 11 is 0. The van der Waals surface area contributed by atoms with Crippen LogP contribution in [0.4, 0.5) is 0 Å². The van der Waals surface area contributed by atoms with Gasteiger partial charge < -0.3 is 10.1 Å². The predicted octanol–water partition coefficient (Wildman–Crippen LogP) is 4.78. The van der Waals surface area contributed by atoms with E-state index in [0.29, 0.717) is 5.41 Å². The molecule has 0 unspecified atom stereocenters. The molecular formula is C18H31NO. The lowest BCUT2D eigenvalue weighted by Gasteiger charge is -2.33. The molecule has 0 bridgehead atoms. The third-order valence-corrected chi connectivity index (χ3v) is 3.04. The maximum atomic E-state index is 5.66. The van der Waals surface area contributed by atoms with Gasteiger partial charge in [-0.1, -0.05) is 32.9 Å². The molecule has 1 rings (SSSR count). The van der Waals surface area contributed by atoms with Gasteiger partial charge in [-0.15, -0.1) is 0 Å². The fraction of sp³-hybridized carbons (Fsp3) is 0.667. The highest BCUT2D eigenvalue weighted by Crippen LogP contribution is 2.27. The van der Waals surface area contributed by atoms with E-state index in [4.69, 9.17) is 4.74 Å². The number of ether oxygens (including phenoxy) is 1. The standard InChI is InChI=1S/C18H31NO/c1-14(2)20-16-10-8-15(9-11-16)12-19-18(6,7)13-17(3,4)5/h8-11,14,19H,12-13H2,1-7H3. The number of benzene rings is 1. The van der Waals surface area contributed by atoms with Gasteiger partial charge in [-0.2, -0.15) is 0 Å². The third-order valence-electron chi connectivity index (χ3n) is 3.04. The Labute approximate surface area is 124 Å². The van der Waals surface area contributed by atoms with Crippen LogP contribution in [0.2, 0.25) is 0 Å². The lowest BCUT2D eigenvalue weighted by atomic mass is 9.82. The van der Waals surface area contributed by atoms with Gasteiger partial charge in [-0.25, -0.2) is 0 Å². The fourth-order valence-corrected chi connectivity index (χ4v) is 2.69. The second kappa shape index (κ2) is 6.62. The van der Waals surface area contributed by atoms with Crippen LogP contribution in [0.15, 0.2) is 24.3 Å². The monoisotopic (exact) mass is 277 g/mol. The highest BCUT2D eigenvalue weighted by molar-refractivity contribution is 5.27. The first-order valence-corrected chi connectivity index (χ1v) is 7.58. The van der Waals surface area contributed by atoms with Crippen molar-refractivity contribution in [3.63, 3.8) is 0 Å². The summed E-state index contributed by atoms with van der Waals surface area (Å²) in [4.78, 5) is 0. The van der Waals surface area contributed by atoms with E-state index in [1.54, 1.807) is 0 Å². The summed E-state index contributed by atoms with van der Waals surface area (Å²) < 4.78 is 5.66. The first-order valence-electron chi connectivity index (χ1n) is 7.58. The molecule has 1 N–H and O–H groups in total. The molecule has 0 saturated heterocycles. The van der Waals surface area contributed by atoms with Crippen LogP contribution in [0.1, 0.15) is 60.5 Å². The molecule has 1 aromatic rings. The Balaban J connectivity index is 2.53. The van der Waals surface area contributed by atoms with Crippen molar-refractivity contribution in [3.05, 3.63) is 29.8 Å². The van der Waals surface area contributed by atoms with E-state index in [9.17, 15) is 0 Å². The fourth-order valence-electron chi connectivity index (χ4n) is 2.69. The van der Waals surface area contributed by atoms with Crippen molar-refractivity contribution < 1.29 is 4.74 Å². The van der Waals surface area contributed by atoms with E-state index in [1.165, 1.54) is 5.56 Å². The second-order valence-corrected chi connectivity index (χ2v) is 7.79. The van der Waals surface area contributed by atoms with Crippen LogP contribution in [0, 0.1) is 5.41 Å². The zero-order valence-electron chi connectivity index (χ0n) is 14.2. The van der Waals surface area contributed by atoms with Gasteiger partial charge in [-0.3, -0.25) is 0 Å². The van der Waals surface area contributed by atoms with Crippen molar-refractivity contribution in [2.45, 2.75) is 73.1 Å². The molecule has 0 aliphatic carbocycles. The van der Waals surface area contributed by atoms with Crippen LogP contribution >= 0.6 is 0 Å². The molecule has 0 heterocycles. The highest BCUT2D eigenvalue weighted by atomic mass is 16.5. The van der Waals surface area contributed by atoms with E-state index in [1.807, 2.05) is 26.0 Å². The lowest BCUT2D eigenvalue weighted by molar-refractivity contribution is 0.240. The average molecular weight is 277 g/mol. The molecule has 20 heavy (non-hydrogen) atoms. The molecule has 2 heteroatoms. The molecule has 0 aliphatic rings. The van der Waals surface area contributed by atoms with Gasteiger partial charge in [0.25, 0.3) is 0 Å². The molecule has 114 valence electrons. The summed E-state index contributed by atoms with van der Waals surface area (Å²) in [6.45, 7) is 16.4. The van der Waals surface area contributed by atoms with E-state index in [-0.39, 0.29) is 11.6 Å². The van der Waals surface area contributed by atoms with Crippen molar-refractivity contribution in [1.82, 2.24) is 5.32 Å². The minimum atomic E-state index is 0.144. The van der Waals surface area contributed by atoms with E-state index in [2.05, 4.69) is 52.1 Å². The normalized spacial score (nSPS) is 12.8. The van der Waals surface area contributed by atoms with Crippen LogP contribution in [-0.4, -0.2) is 11.6 Å². The van der Waals surface area contributed by atoms with Crippen molar-refractivity contribution in [1.29, 1.82) is 0 Å². The Hall–Kier alpha value is -1.02. The van der Waals surface area contributed by atoms with Crippen molar-refractivity contribution in [3.8, 4) is 5.75 Å². The lowest BCUT2D eigenvalue weighted by Crippen LogP contribution is -2.41. The number of nitrogens with one attached hydrogen (secondary N) is 1. The van der Waals surface area contributed by atoms with Crippen molar-refractivity contribution in [2.24, 2.45) is 5.41 Å². The Morgan fingerprint density at radius 2 is 1.55 bits per heavy atom. The maximum Gasteiger partial charge on any atom is 0.119 e. The summed E-state index contributed by atoms with van der Waals surface area (Å²) in [5, 5.41) is 3.65. The summed E-state index contributed by atoms with van der Waals surface area (Å²) in [6.07, 6.45) is 1.37. The van der Waals surface area contributed by atoms with Gasteiger partial charge in [0.15, 0.2) is 0 Å². The Morgan fingerprint density at radius 1 is 1.00 bits per heavy atom. The Kier molecular flexibility index (Phi) is 5.64. The summed E-state index contributed by atoms with van der Waals surface area (Å²) in [6, 6.07) is 8.37. The van der Waals surface area contributed by atoms with Crippen molar-refractivity contribution >= 4 is 0 Å². The second-order valence-electron chi connectivity index (χ2n) is 7.79. The predicted molar refractivity (Wildman–Crippen MR) is 87.2 cm³/mol. The quantitative estimate of drug-likeness (QED) is 0.808. The minimum absolute atomic E-state index is 0.144. The van der Waals surface area contributed by atoms with Gasteiger partial charge in [-0.05, 0) is 57.2 Å². The van der Waals surface area contributed by atoms with E-state index < -0.39 is 0 Å². The third kappa shape index (κ3) is 6.95. The van der Waals surface area contributed by atoms with Gasteiger partial charge in [0.2, 0.25) is 0 Å². The maximum absolute atomic E-state index is 5.66. The summed E-state index contributed by atoms with van der Waals surface area (Å²) in [5.74, 6) is 0.942. The summed E-state index contributed by atoms with van der Waals surface area (Å²) in [7, 11) is 0. The first-order chi connectivity index (χ1) is 9.07. The SMILES string of the molecule is CC(C)Oc1ccc(CNC(C)(C)CC(C)(C)C)cc1. The molecule has 0 fully saturated rings. The van der Waals surface area contributed by atoms with Crippen LogP contribution in [-0.2, 0) is 6.54 Å². The van der Waals surface area contributed by atoms with Crippen molar-refractivity contribution in [2.75, 3.05) is 0 Å². The number of hydrogen-bond acceptors (Lipinski definition) is 2. The Morgan fingerprint density at radius 3 is 2.00 bits per heavy atom. The molecule has 0 amide bonds. The van der Waals surface area contributed by atoms with E-state index in [0.717, 1.165) is 18.7 Å². The largest absolute Gasteiger partial charge is 0.491 e. The smallest absolute Gasteiger partial charge is 0.119 e. The zero-order valence-corrected chi connectivity index (χ0v) is 14.2. The van der Waals surface area contributed by atoms with Crippen LogP contribution in [0.25, 0.3) is 0 Å². The molecule has 0 aromatic heterocycles. The zero-order chi connectivity index (χ0) is 15.4. The van der Waals surface area contributed by atoms with E-state index >= 15 is 0 Å². The topological polar surface area (TPSA) is 21.3 Å². The molecule has 0 aliphatic heterocycles. The molecule has 1 aromatic carbocycles. The average Bonchev–Trinajstić information content (AvgIpc) is 2.24. The Bertz CT molecular complexity index is 398. The molecule has 0 atom stereocenters. The van der Waals surface area contributed by atoms with Gasteiger partial charge in [0, 0.05) is 12.1 Å². The molecule has 2 nitrogen and oxygen atoms in total. The molecular weight excluding hydrogens is 246 g/mol. The molecule has 0 spiro atoms. The van der Waals surface area contributed by atoms with Gasteiger partial charge >= 0.3 is 0 Å². The minimum Gasteiger partial charge on any atom is -0.491 e. The van der Waals surface area contributed by atoms with Crippen LogP contribution < -0.4 is 10.1 Å². The molecule has 0 radical (unpaired) electrons. The molecule has 0 saturated carbocycles. The van der Waals surface area contributed by atoms with Crippen LogP contribution in [0.5, 0.6) is 5.75 Å². The number of hydrogen-bond donors (Lipinski definition) is 1. The van der Waals surface area contributed by atoms with Gasteiger partial charge in [0.05, 0.1) is 6.10 Å². The van der Waals surface area contributed by atoms with Crippen LogP contribution in [0.3, 0.4) is 0 Å². The highest BCUT2D eigenvalue weighted by Gasteiger charge is 2.24. The first kappa shape index (κ1) is 17.0. The van der Waals surface area contributed by atoms with Gasteiger partial charge in [0.1, 0.15) is 5.75 Å².